The zero-order valence-electron chi connectivity index (χ0n) is 10.4. The summed E-state index contributed by atoms with van der Waals surface area (Å²) in [4.78, 5) is 19.3. The molecule has 0 aliphatic heterocycles. The van der Waals surface area contributed by atoms with Crippen LogP contribution in [0.1, 0.15) is 16.2 Å². The Labute approximate surface area is 110 Å². The van der Waals surface area contributed by atoms with Crippen molar-refractivity contribution < 1.29 is 9.53 Å². The molecule has 1 heterocycles. The summed E-state index contributed by atoms with van der Waals surface area (Å²) in [7, 11) is 0. The van der Waals surface area contributed by atoms with E-state index in [1.165, 1.54) is 0 Å². The number of carbonyl (C=O) groups excluding carboxylic acids is 1. The Morgan fingerprint density at radius 1 is 1.16 bits per heavy atom. The van der Waals surface area contributed by atoms with Gasteiger partial charge in [-0.3, -0.25) is 0 Å². The van der Waals surface area contributed by atoms with Crippen LogP contribution < -0.4 is 4.74 Å². The van der Waals surface area contributed by atoms with Gasteiger partial charge < -0.3 is 9.72 Å². The maximum absolute atomic E-state index is 11.9. The number of benzene rings is 2. The third-order valence-electron chi connectivity index (χ3n) is 2.79. The summed E-state index contributed by atoms with van der Waals surface area (Å²) >= 11 is 0. The van der Waals surface area contributed by atoms with Gasteiger partial charge in [-0.15, -0.1) is 0 Å². The lowest BCUT2D eigenvalue weighted by Gasteiger charge is -2.03. The van der Waals surface area contributed by atoms with Crippen LogP contribution in [-0.4, -0.2) is 15.9 Å². The van der Waals surface area contributed by atoms with Crippen LogP contribution in [-0.2, 0) is 0 Å². The van der Waals surface area contributed by atoms with E-state index in [1.807, 2.05) is 19.1 Å². The third kappa shape index (κ3) is 2.33. The molecule has 0 unspecified atom stereocenters. The molecule has 0 radical (unpaired) electrons. The molecule has 0 amide bonds. The summed E-state index contributed by atoms with van der Waals surface area (Å²) in [6, 6.07) is 14.3. The summed E-state index contributed by atoms with van der Waals surface area (Å²) in [6.45, 7) is 1.88. The van der Waals surface area contributed by atoms with Gasteiger partial charge in [-0.25, -0.2) is 9.78 Å². The molecule has 4 nitrogen and oxygen atoms in total. The highest BCUT2D eigenvalue weighted by molar-refractivity contribution is 5.91. The summed E-state index contributed by atoms with van der Waals surface area (Å²) in [5.74, 6) is 0.960. The lowest BCUT2D eigenvalue weighted by Crippen LogP contribution is -2.07. The number of ether oxygens (including phenoxy) is 1. The van der Waals surface area contributed by atoms with Crippen LogP contribution in [0.5, 0.6) is 5.75 Å². The molecular weight excluding hydrogens is 240 g/mol. The van der Waals surface area contributed by atoms with E-state index in [4.69, 9.17) is 4.74 Å². The van der Waals surface area contributed by atoms with Gasteiger partial charge >= 0.3 is 5.97 Å². The van der Waals surface area contributed by atoms with Crippen molar-refractivity contribution in [3.8, 4) is 5.75 Å². The van der Waals surface area contributed by atoms with Gasteiger partial charge in [0.05, 0.1) is 16.6 Å². The highest BCUT2D eigenvalue weighted by Gasteiger charge is 2.09. The molecular formula is C15H12N2O2. The van der Waals surface area contributed by atoms with Crippen molar-refractivity contribution in [2.75, 3.05) is 0 Å². The van der Waals surface area contributed by atoms with Crippen molar-refractivity contribution in [2.24, 2.45) is 0 Å². The number of hydrogen-bond donors (Lipinski definition) is 1. The SMILES string of the molecule is Cc1nc2cc(OC(=O)c3ccccc3)ccc2[nH]1. The molecule has 3 aromatic rings. The average Bonchev–Trinajstić information content (AvgIpc) is 2.79. The van der Waals surface area contributed by atoms with Crippen LogP contribution in [0, 0.1) is 6.92 Å². The smallest absolute Gasteiger partial charge is 0.343 e. The van der Waals surface area contributed by atoms with Crippen molar-refractivity contribution in [2.45, 2.75) is 6.92 Å². The van der Waals surface area contributed by atoms with Crippen LogP contribution in [0.15, 0.2) is 48.5 Å². The monoisotopic (exact) mass is 252 g/mol. The molecule has 0 saturated heterocycles. The Hall–Kier alpha value is -2.62. The predicted molar refractivity (Wildman–Crippen MR) is 72.2 cm³/mol. The second-order valence-electron chi connectivity index (χ2n) is 4.26. The van der Waals surface area contributed by atoms with E-state index in [0.717, 1.165) is 16.9 Å². The zero-order valence-corrected chi connectivity index (χ0v) is 10.4. The summed E-state index contributed by atoms with van der Waals surface area (Å²) in [6.07, 6.45) is 0. The number of fused-ring (bicyclic) bond motifs is 1. The Kier molecular flexibility index (Phi) is 2.76. The predicted octanol–water partition coefficient (Wildman–Crippen LogP) is 3.09. The summed E-state index contributed by atoms with van der Waals surface area (Å²) in [5, 5.41) is 0. The Balaban J connectivity index is 1.87. The summed E-state index contributed by atoms with van der Waals surface area (Å²) in [5.41, 5.74) is 2.24. The molecule has 1 N–H and O–H groups in total. The minimum atomic E-state index is -0.368. The number of nitrogens with zero attached hydrogens (tertiary/aromatic N) is 1. The van der Waals surface area contributed by atoms with Crippen molar-refractivity contribution >= 4 is 17.0 Å². The van der Waals surface area contributed by atoms with E-state index in [1.54, 1.807) is 36.4 Å². The minimum Gasteiger partial charge on any atom is -0.423 e. The fourth-order valence-electron chi connectivity index (χ4n) is 1.92. The molecule has 2 aromatic carbocycles. The van der Waals surface area contributed by atoms with Gasteiger partial charge in [0.15, 0.2) is 0 Å². The number of aryl methyl sites for hydroxylation is 1. The fraction of sp³-hybridized carbons (Fsp3) is 0.0667. The number of rotatable bonds is 2. The molecule has 3 rings (SSSR count). The number of H-pyrrole nitrogens is 1. The van der Waals surface area contributed by atoms with Gasteiger partial charge in [-0.1, -0.05) is 18.2 Å². The molecule has 0 bridgehead atoms. The number of aromatic amines is 1. The first kappa shape index (κ1) is 11.5. The van der Waals surface area contributed by atoms with Gasteiger partial charge in [-0.2, -0.15) is 0 Å². The highest BCUT2D eigenvalue weighted by Crippen LogP contribution is 2.19. The number of aromatic nitrogens is 2. The van der Waals surface area contributed by atoms with Gasteiger partial charge in [0, 0.05) is 6.07 Å². The molecule has 0 spiro atoms. The molecule has 19 heavy (non-hydrogen) atoms. The van der Waals surface area contributed by atoms with Crippen LogP contribution in [0.4, 0.5) is 0 Å². The third-order valence-corrected chi connectivity index (χ3v) is 2.79. The van der Waals surface area contributed by atoms with E-state index in [2.05, 4.69) is 9.97 Å². The number of esters is 1. The van der Waals surface area contributed by atoms with Crippen LogP contribution in [0.2, 0.25) is 0 Å². The van der Waals surface area contributed by atoms with Gasteiger partial charge in [0.2, 0.25) is 0 Å². The van der Waals surface area contributed by atoms with Gasteiger partial charge in [0.25, 0.3) is 0 Å². The van der Waals surface area contributed by atoms with E-state index in [9.17, 15) is 4.79 Å². The Morgan fingerprint density at radius 3 is 2.74 bits per heavy atom. The highest BCUT2D eigenvalue weighted by atomic mass is 16.5. The van der Waals surface area contributed by atoms with Crippen LogP contribution >= 0.6 is 0 Å². The topological polar surface area (TPSA) is 55.0 Å². The molecule has 1 aromatic heterocycles. The molecule has 0 atom stereocenters. The van der Waals surface area contributed by atoms with E-state index >= 15 is 0 Å². The number of imidazole rings is 1. The molecule has 0 aliphatic carbocycles. The normalized spacial score (nSPS) is 10.6. The Morgan fingerprint density at radius 2 is 1.95 bits per heavy atom. The summed E-state index contributed by atoms with van der Waals surface area (Å²) < 4.78 is 5.32. The zero-order chi connectivity index (χ0) is 13.2. The first-order chi connectivity index (χ1) is 9.22. The number of nitrogens with one attached hydrogen (secondary N) is 1. The van der Waals surface area contributed by atoms with Crippen molar-refractivity contribution in [1.29, 1.82) is 0 Å². The number of carbonyl (C=O) groups is 1. The van der Waals surface area contributed by atoms with Gasteiger partial charge in [0.1, 0.15) is 11.6 Å². The Bertz CT molecular complexity index is 732. The van der Waals surface area contributed by atoms with Crippen LogP contribution in [0.3, 0.4) is 0 Å². The fourth-order valence-corrected chi connectivity index (χ4v) is 1.92. The molecule has 0 fully saturated rings. The van der Waals surface area contributed by atoms with Crippen molar-refractivity contribution in [1.82, 2.24) is 9.97 Å². The standard InChI is InChI=1S/C15H12N2O2/c1-10-16-13-8-7-12(9-14(13)17-10)19-15(18)11-5-3-2-4-6-11/h2-9H,1H3,(H,16,17). The van der Waals surface area contributed by atoms with Gasteiger partial charge in [-0.05, 0) is 31.2 Å². The molecule has 0 aliphatic rings. The quantitative estimate of drug-likeness (QED) is 0.563. The number of hydrogen-bond acceptors (Lipinski definition) is 3. The first-order valence-electron chi connectivity index (χ1n) is 5.96. The lowest BCUT2D eigenvalue weighted by molar-refractivity contribution is 0.0735. The molecule has 0 saturated carbocycles. The second-order valence-corrected chi connectivity index (χ2v) is 4.26. The molecule has 94 valence electrons. The maximum Gasteiger partial charge on any atom is 0.343 e. The van der Waals surface area contributed by atoms with Crippen molar-refractivity contribution in [3.63, 3.8) is 0 Å². The molecule has 4 heteroatoms. The maximum atomic E-state index is 11.9. The van der Waals surface area contributed by atoms with E-state index in [-0.39, 0.29) is 5.97 Å². The van der Waals surface area contributed by atoms with E-state index in [0.29, 0.717) is 11.3 Å². The van der Waals surface area contributed by atoms with Crippen molar-refractivity contribution in [3.05, 3.63) is 59.9 Å². The lowest BCUT2D eigenvalue weighted by atomic mass is 10.2. The minimum absolute atomic E-state index is 0.368. The second kappa shape index (κ2) is 4.57. The van der Waals surface area contributed by atoms with E-state index < -0.39 is 0 Å². The largest absolute Gasteiger partial charge is 0.423 e. The average molecular weight is 252 g/mol. The first-order valence-corrected chi connectivity index (χ1v) is 5.96. The van der Waals surface area contributed by atoms with Crippen LogP contribution in [0.25, 0.3) is 11.0 Å².